The SMILES string of the molecule is O=C(Nc1nnc(C2CC2)s1)c1cccnc1Oc1ccccc1. The van der Waals surface area contributed by atoms with Gasteiger partial charge in [0.15, 0.2) is 0 Å². The Morgan fingerprint density at radius 1 is 1.12 bits per heavy atom. The molecule has 0 spiro atoms. The van der Waals surface area contributed by atoms with Crippen LogP contribution in [0.3, 0.4) is 0 Å². The van der Waals surface area contributed by atoms with Crippen LogP contribution in [0.2, 0.25) is 0 Å². The maximum Gasteiger partial charge on any atom is 0.262 e. The number of carbonyl (C=O) groups is 1. The molecule has 3 aromatic rings. The Balaban J connectivity index is 1.53. The highest BCUT2D eigenvalue weighted by Crippen LogP contribution is 2.42. The van der Waals surface area contributed by atoms with Crippen LogP contribution in [-0.2, 0) is 0 Å². The van der Waals surface area contributed by atoms with Gasteiger partial charge in [0.2, 0.25) is 11.0 Å². The van der Waals surface area contributed by atoms with Crippen molar-refractivity contribution in [3.05, 3.63) is 59.2 Å². The van der Waals surface area contributed by atoms with Gasteiger partial charge in [-0.3, -0.25) is 10.1 Å². The summed E-state index contributed by atoms with van der Waals surface area (Å²) >= 11 is 1.42. The summed E-state index contributed by atoms with van der Waals surface area (Å²) in [5, 5.41) is 12.4. The number of nitrogens with one attached hydrogen (secondary N) is 1. The molecule has 1 N–H and O–H groups in total. The van der Waals surface area contributed by atoms with Gasteiger partial charge in [0.25, 0.3) is 5.91 Å². The smallest absolute Gasteiger partial charge is 0.262 e. The van der Waals surface area contributed by atoms with Crippen molar-refractivity contribution in [1.29, 1.82) is 0 Å². The van der Waals surface area contributed by atoms with E-state index in [1.54, 1.807) is 18.3 Å². The van der Waals surface area contributed by atoms with Crippen molar-refractivity contribution in [2.75, 3.05) is 5.32 Å². The quantitative estimate of drug-likeness (QED) is 0.764. The van der Waals surface area contributed by atoms with Crippen LogP contribution in [0.15, 0.2) is 48.7 Å². The lowest BCUT2D eigenvalue weighted by atomic mass is 10.2. The first-order valence-electron chi connectivity index (χ1n) is 7.62. The number of hydrogen-bond acceptors (Lipinski definition) is 6. The molecular formula is C17H14N4O2S. The first kappa shape index (κ1) is 14.8. The Kier molecular flexibility index (Phi) is 3.92. The standard InChI is InChI=1S/C17H14N4O2S/c22-14(19-17-21-20-16(24-17)11-8-9-11)13-7-4-10-18-15(13)23-12-5-2-1-3-6-12/h1-7,10-11H,8-9H2,(H,19,21,22). The number of para-hydroxylation sites is 1. The zero-order chi connectivity index (χ0) is 16.4. The molecule has 2 heterocycles. The molecule has 1 aliphatic carbocycles. The van der Waals surface area contributed by atoms with Crippen LogP contribution in [0.25, 0.3) is 0 Å². The van der Waals surface area contributed by atoms with Gasteiger partial charge in [0.1, 0.15) is 16.3 Å². The highest BCUT2D eigenvalue weighted by molar-refractivity contribution is 7.15. The third kappa shape index (κ3) is 3.26. The summed E-state index contributed by atoms with van der Waals surface area (Å²) in [7, 11) is 0. The van der Waals surface area contributed by atoms with Crippen LogP contribution in [0.4, 0.5) is 5.13 Å². The van der Waals surface area contributed by atoms with Crippen molar-refractivity contribution in [2.24, 2.45) is 0 Å². The third-order valence-corrected chi connectivity index (χ3v) is 4.56. The van der Waals surface area contributed by atoms with E-state index in [4.69, 9.17) is 4.74 Å². The summed E-state index contributed by atoms with van der Waals surface area (Å²) in [5.74, 6) is 1.08. The fraction of sp³-hybridized carbons (Fsp3) is 0.176. The van der Waals surface area contributed by atoms with E-state index >= 15 is 0 Å². The topological polar surface area (TPSA) is 77.0 Å². The Bertz CT molecular complexity index is 862. The molecule has 24 heavy (non-hydrogen) atoms. The molecule has 1 fully saturated rings. The van der Waals surface area contributed by atoms with Crippen LogP contribution in [-0.4, -0.2) is 21.1 Å². The van der Waals surface area contributed by atoms with Gasteiger partial charge in [-0.15, -0.1) is 10.2 Å². The van der Waals surface area contributed by atoms with Crippen LogP contribution in [0.5, 0.6) is 11.6 Å². The van der Waals surface area contributed by atoms with Gasteiger partial charge in [-0.05, 0) is 37.1 Å². The Morgan fingerprint density at radius 3 is 2.75 bits per heavy atom. The fourth-order valence-corrected chi connectivity index (χ4v) is 3.10. The summed E-state index contributed by atoms with van der Waals surface area (Å²) in [6, 6.07) is 12.6. The number of nitrogens with zero attached hydrogens (tertiary/aromatic N) is 3. The first-order valence-corrected chi connectivity index (χ1v) is 8.44. The molecule has 0 aliphatic heterocycles. The fourth-order valence-electron chi connectivity index (χ4n) is 2.19. The Hall–Kier alpha value is -2.80. The maximum atomic E-state index is 12.5. The number of ether oxygens (including phenoxy) is 1. The molecule has 6 nitrogen and oxygen atoms in total. The normalized spacial score (nSPS) is 13.5. The van der Waals surface area contributed by atoms with Crippen molar-refractivity contribution in [1.82, 2.24) is 15.2 Å². The van der Waals surface area contributed by atoms with E-state index in [-0.39, 0.29) is 11.8 Å². The highest BCUT2D eigenvalue weighted by atomic mass is 32.1. The molecule has 120 valence electrons. The molecule has 7 heteroatoms. The van der Waals surface area contributed by atoms with Gasteiger partial charge >= 0.3 is 0 Å². The molecule has 1 amide bonds. The molecule has 1 aromatic carbocycles. The van der Waals surface area contributed by atoms with E-state index in [1.807, 2.05) is 30.3 Å². The van der Waals surface area contributed by atoms with Crippen molar-refractivity contribution in [3.63, 3.8) is 0 Å². The van der Waals surface area contributed by atoms with Crippen molar-refractivity contribution in [2.45, 2.75) is 18.8 Å². The number of amides is 1. The molecule has 0 saturated heterocycles. The summed E-state index contributed by atoms with van der Waals surface area (Å²) in [5.41, 5.74) is 0.351. The van der Waals surface area contributed by atoms with E-state index in [1.165, 1.54) is 11.3 Å². The number of aromatic nitrogens is 3. The van der Waals surface area contributed by atoms with Gasteiger partial charge in [-0.2, -0.15) is 0 Å². The lowest BCUT2D eigenvalue weighted by Gasteiger charge is -2.08. The second-order valence-corrected chi connectivity index (χ2v) is 6.45. The van der Waals surface area contributed by atoms with Gasteiger partial charge in [-0.1, -0.05) is 29.5 Å². The third-order valence-electron chi connectivity index (χ3n) is 3.56. The first-order chi connectivity index (χ1) is 11.8. The largest absolute Gasteiger partial charge is 0.438 e. The lowest BCUT2D eigenvalue weighted by Crippen LogP contribution is -2.13. The van der Waals surface area contributed by atoms with E-state index < -0.39 is 0 Å². The number of pyridine rings is 1. The van der Waals surface area contributed by atoms with Crippen LogP contribution < -0.4 is 10.1 Å². The Morgan fingerprint density at radius 2 is 1.96 bits per heavy atom. The number of rotatable bonds is 5. The molecule has 0 bridgehead atoms. The minimum Gasteiger partial charge on any atom is -0.438 e. The van der Waals surface area contributed by atoms with Gasteiger partial charge < -0.3 is 4.74 Å². The van der Waals surface area contributed by atoms with Crippen LogP contribution >= 0.6 is 11.3 Å². The zero-order valence-corrected chi connectivity index (χ0v) is 13.5. The second-order valence-electron chi connectivity index (χ2n) is 5.45. The average Bonchev–Trinajstić information content (AvgIpc) is 3.36. The van der Waals surface area contributed by atoms with E-state index in [2.05, 4.69) is 20.5 Å². The minimum atomic E-state index is -0.312. The number of hydrogen-bond donors (Lipinski definition) is 1. The number of carbonyl (C=O) groups excluding carboxylic acids is 1. The predicted molar refractivity (Wildman–Crippen MR) is 90.6 cm³/mol. The van der Waals surface area contributed by atoms with Gasteiger partial charge in [0, 0.05) is 12.1 Å². The predicted octanol–water partition coefficient (Wildman–Crippen LogP) is 3.86. The highest BCUT2D eigenvalue weighted by Gasteiger charge is 2.28. The van der Waals surface area contributed by atoms with Crippen molar-refractivity contribution < 1.29 is 9.53 Å². The van der Waals surface area contributed by atoms with E-state index in [0.29, 0.717) is 22.4 Å². The number of benzene rings is 1. The van der Waals surface area contributed by atoms with E-state index in [0.717, 1.165) is 17.8 Å². The van der Waals surface area contributed by atoms with Crippen LogP contribution in [0, 0.1) is 0 Å². The van der Waals surface area contributed by atoms with Gasteiger partial charge in [-0.25, -0.2) is 4.98 Å². The Labute approximate surface area is 142 Å². The summed E-state index contributed by atoms with van der Waals surface area (Å²) in [6.45, 7) is 0. The molecule has 1 saturated carbocycles. The minimum absolute atomic E-state index is 0.258. The lowest BCUT2D eigenvalue weighted by molar-refractivity contribution is 0.102. The monoisotopic (exact) mass is 338 g/mol. The van der Waals surface area contributed by atoms with Crippen molar-refractivity contribution in [3.8, 4) is 11.6 Å². The van der Waals surface area contributed by atoms with Crippen molar-refractivity contribution >= 4 is 22.4 Å². The molecule has 2 aromatic heterocycles. The molecule has 1 aliphatic rings. The zero-order valence-electron chi connectivity index (χ0n) is 12.7. The summed E-state index contributed by atoms with van der Waals surface area (Å²) < 4.78 is 5.72. The second kappa shape index (κ2) is 6.37. The molecule has 4 rings (SSSR count). The molecule has 0 atom stereocenters. The molecular weight excluding hydrogens is 324 g/mol. The average molecular weight is 338 g/mol. The van der Waals surface area contributed by atoms with Gasteiger partial charge in [0.05, 0.1) is 0 Å². The molecule has 0 unspecified atom stereocenters. The molecule has 0 radical (unpaired) electrons. The van der Waals surface area contributed by atoms with Crippen LogP contribution in [0.1, 0.15) is 34.1 Å². The van der Waals surface area contributed by atoms with E-state index in [9.17, 15) is 4.79 Å². The maximum absolute atomic E-state index is 12.5. The number of anilines is 1. The summed E-state index contributed by atoms with van der Waals surface area (Å²) in [4.78, 5) is 16.7. The summed E-state index contributed by atoms with van der Waals surface area (Å²) in [6.07, 6.45) is 3.89.